The molecule has 1 aromatic rings. The molecule has 0 radical (unpaired) electrons. The van der Waals surface area contributed by atoms with Crippen LogP contribution in [0.3, 0.4) is 0 Å². The Labute approximate surface area is 87.2 Å². The quantitative estimate of drug-likeness (QED) is 0.597. The Bertz CT molecular complexity index is 261. The fourth-order valence-corrected chi connectivity index (χ4v) is 2.87. The van der Waals surface area contributed by atoms with Gasteiger partial charge in [-0.3, -0.25) is 0 Å². The molecule has 0 aliphatic rings. The van der Waals surface area contributed by atoms with Crippen molar-refractivity contribution in [1.82, 2.24) is 0 Å². The molecule has 78 valence electrons. The maximum absolute atomic E-state index is 5.57. The van der Waals surface area contributed by atoms with Gasteiger partial charge >= 0.3 is 0 Å². The van der Waals surface area contributed by atoms with E-state index in [-0.39, 0.29) is 0 Å². The molecule has 0 unspecified atom stereocenters. The Morgan fingerprint density at radius 2 is 1.86 bits per heavy atom. The van der Waals surface area contributed by atoms with E-state index < -0.39 is 8.32 Å². The molecule has 0 amide bonds. The fraction of sp³-hybridized carbons (Fsp3) is 0.455. The first-order chi connectivity index (χ1) is 6.64. The molecule has 0 spiro atoms. The monoisotopic (exact) mass is 209 g/mol. The van der Waals surface area contributed by atoms with Crippen LogP contribution in [0.5, 0.6) is 0 Å². The van der Waals surface area contributed by atoms with Crippen molar-refractivity contribution < 1.29 is 4.43 Å². The first-order valence-electron chi connectivity index (χ1n) is 5.02. The molecule has 0 bridgehead atoms. The number of nitrogens with two attached hydrogens (primary N) is 1. The minimum atomic E-state index is -1.51. The van der Waals surface area contributed by atoms with Crippen LogP contribution in [0.4, 0.5) is 0 Å². The second-order valence-electron chi connectivity index (χ2n) is 4.06. The SMILES string of the molecule is C[Si](C)(CCc1ccccc1)OCN. The summed E-state index contributed by atoms with van der Waals surface area (Å²) in [5, 5.41) is 0. The molecule has 2 N–H and O–H groups in total. The molecule has 0 fully saturated rings. The van der Waals surface area contributed by atoms with Gasteiger partial charge in [0, 0.05) is 0 Å². The summed E-state index contributed by atoms with van der Waals surface area (Å²) >= 11 is 0. The van der Waals surface area contributed by atoms with Crippen LogP contribution in [0.2, 0.25) is 19.1 Å². The summed E-state index contributed by atoms with van der Waals surface area (Å²) in [5.41, 5.74) is 6.78. The van der Waals surface area contributed by atoms with E-state index in [0.717, 1.165) is 12.5 Å². The molecule has 0 heterocycles. The van der Waals surface area contributed by atoms with E-state index in [1.165, 1.54) is 5.56 Å². The van der Waals surface area contributed by atoms with Crippen LogP contribution in [0.25, 0.3) is 0 Å². The van der Waals surface area contributed by atoms with Gasteiger partial charge in [-0.15, -0.1) is 0 Å². The van der Waals surface area contributed by atoms with Gasteiger partial charge in [0.05, 0.1) is 6.73 Å². The zero-order valence-electron chi connectivity index (χ0n) is 8.99. The predicted molar refractivity (Wildman–Crippen MR) is 62.6 cm³/mol. The Hall–Kier alpha value is -0.643. The topological polar surface area (TPSA) is 35.2 Å². The van der Waals surface area contributed by atoms with E-state index in [4.69, 9.17) is 10.2 Å². The highest BCUT2D eigenvalue weighted by Gasteiger charge is 2.21. The van der Waals surface area contributed by atoms with Gasteiger partial charge in [0.15, 0.2) is 8.32 Å². The number of hydrogen-bond donors (Lipinski definition) is 1. The van der Waals surface area contributed by atoms with Crippen molar-refractivity contribution in [2.24, 2.45) is 5.73 Å². The predicted octanol–water partition coefficient (Wildman–Crippen LogP) is 2.37. The summed E-state index contributed by atoms with van der Waals surface area (Å²) < 4.78 is 5.57. The summed E-state index contributed by atoms with van der Waals surface area (Å²) in [4.78, 5) is 0. The molecule has 1 rings (SSSR count). The van der Waals surface area contributed by atoms with Crippen LogP contribution in [-0.4, -0.2) is 15.0 Å². The molecular formula is C11H19NOSi. The highest BCUT2D eigenvalue weighted by atomic mass is 28.4. The lowest BCUT2D eigenvalue weighted by molar-refractivity contribution is 0.318. The van der Waals surface area contributed by atoms with E-state index in [1.807, 2.05) is 6.07 Å². The minimum Gasteiger partial charge on any atom is -0.405 e. The molecule has 0 atom stereocenters. The number of hydrogen-bond acceptors (Lipinski definition) is 2. The number of benzene rings is 1. The summed E-state index contributed by atoms with van der Waals surface area (Å²) in [6.45, 7) is 4.78. The molecule has 0 aliphatic carbocycles. The molecule has 0 saturated heterocycles. The van der Waals surface area contributed by atoms with Gasteiger partial charge in [0.25, 0.3) is 0 Å². The van der Waals surface area contributed by atoms with Crippen molar-refractivity contribution in [3.8, 4) is 0 Å². The molecule has 1 aromatic carbocycles. The molecule has 2 nitrogen and oxygen atoms in total. The van der Waals surface area contributed by atoms with Crippen molar-refractivity contribution in [2.45, 2.75) is 25.6 Å². The lowest BCUT2D eigenvalue weighted by atomic mass is 10.2. The van der Waals surface area contributed by atoms with E-state index >= 15 is 0 Å². The van der Waals surface area contributed by atoms with Crippen molar-refractivity contribution in [3.63, 3.8) is 0 Å². The maximum atomic E-state index is 5.57. The van der Waals surface area contributed by atoms with Gasteiger partial charge in [0.1, 0.15) is 0 Å². The van der Waals surface area contributed by atoms with Gasteiger partial charge in [-0.05, 0) is 31.1 Å². The summed E-state index contributed by atoms with van der Waals surface area (Å²) in [7, 11) is -1.51. The van der Waals surface area contributed by atoms with Crippen LogP contribution >= 0.6 is 0 Å². The number of aryl methyl sites for hydroxylation is 1. The normalized spacial score (nSPS) is 11.6. The van der Waals surface area contributed by atoms with Crippen LogP contribution in [-0.2, 0) is 10.8 Å². The van der Waals surface area contributed by atoms with Crippen LogP contribution in [0.15, 0.2) is 30.3 Å². The van der Waals surface area contributed by atoms with Gasteiger partial charge in [0.2, 0.25) is 0 Å². The highest BCUT2D eigenvalue weighted by Crippen LogP contribution is 2.14. The summed E-state index contributed by atoms with van der Waals surface area (Å²) in [6.07, 6.45) is 1.10. The van der Waals surface area contributed by atoms with Crippen LogP contribution in [0, 0.1) is 0 Å². The Morgan fingerprint density at radius 1 is 1.21 bits per heavy atom. The van der Waals surface area contributed by atoms with Crippen molar-refractivity contribution >= 4 is 8.32 Å². The highest BCUT2D eigenvalue weighted by molar-refractivity contribution is 6.71. The summed E-state index contributed by atoms with van der Waals surface area (Å²) in [6, 6.07) is 11.7. The number of rotatable bonds is 5. The molecule has 0 aromatic heterocycles. The summed E-state index contributed by atoms with van der Waals surface area (Å²) in [5.74, 6) is 0. The van der Waals surface area contributed by atoms with Gasteiger partial charge in [-0.25, -0.2) is 0 Å². The van der Waals surface area contributed by atoms with Gasteiger partial charge in [-0.2, -0.15) is 0 Å². The second-order valence-corrected chi connectivity index (χ2v) is 8.36. The van der Waals surface area contributed by atoms with E-state index in [1.54, 1.807) is 0 Å². The standard InChI is InChI=1S/C11H19NOSi/c1-14(2,13-10-12)9-8-11-6-4-3-5-7-11/h3-7H,8-10,12H2,1-2H3. The van der Waals surface area contributed by atoms with Gasteiger partial charge < -0.3 is 10.2 Å². The van der Waals surface area contributed by atoms with Crippen molar-refractivity contribution in [1.29, 1.82) is 0 Å². The maximum Gasteiger partial charge on any atom is 0.188 e. The van der Waals surface area contributed by atoms with Crippen molar-refractivity contribution in [2.75, 3.05) is 6.73 Å². The van der Waals surface area contributed by atoms with Crippen LogP contribution < -0.4 is 5.73 Å². The fourth-order valence-electron chi connectivity index (χ4n) is 1.39. The van der Waals surface area contributed by atoms with E-state index in [9.17, 15) is 0 Å². The van der Waals surface area contributed by atoms with Crippen molar-refractivity contribution in [3.05, 3.63) is 35.9 Å². The zero-order chi connectivity index (χ0) is 10.4. The van der Waals surface area contributed by atoms with Crippen LogP contribution in [0.1, 0.15) is 5.56 Å². The lowest BCUT2D eigenvalue weighted by Gasteiger charge is -2.21. The molecule has 0 saturated carbocycles. The third-order valence-electron chi connectivity index (χ3n) is 2.33. The zero-order valence-corrected chi connectivity index (χ0v) is 9.99. The third-order valence-corrected chi connectivity index (χ3v) is 4.73. The molecular weight excluding hydrogens is 190 g/mol. The molecule has 3 heteroatoms. The lowest BCUT2D eigenvalue weighted by Crippen LogP contribution is -2.33. The Morgan fingerprint density at radius 3 is 2.43 bits per heavy atom. The smallest absolute Gasteiger partial charge is 0.188 e. The van der Waals surface area contributed by atoms with E-state index in [2.05, 4.69) is 37.4 Å². The van der Waals surface area contributed by atoms with E-state index in [0.29, 0.717) is 6.73 Å². The minimum absolute atomic E-state index is 0.355. The Balaban J connectivity index is 2.40. The Kier molecular flexibility index (Phi) is 4.32. The average molecular weight is 209 g/mol. The second kappa shape index (κ2) is 5.29. The molecule has 14 heavy (non-hydrogen) atoms. The first kappa shape index (κ1) is 11.4. The first-order valence-corrected chi connectivity index (χ1v) is 8.13. The van der Waals surface area contributed by atoms with Gasteiger partial charge in [-0.1, -0.05) is 30.3 Å². The average Bonchev–Trinajstić information content (AvgIpc) is 2.17. The molecule has 0 aliphatic heterocycles. The third kappa shape index (κ3) is 4.04. The largest absolute Gasteiger partial charge is 0.405 e.